The van der Waals surface area contributed by atoms with Crippen LogP contribution in [-0.4, -0.2) is 41.7 Å². The second kappa shape index (κ2) is 6.48. The fourth-order valence-corrected chi connectivity index (χ4v) is 5.94. The second-order valence-electron chi connectivity index (χ2n) is 6.88. The number of nitrogens with one attached hydrogen (secondary N) is 1. The first kappa shape index (κ1) is 18.0. The molecule has 1 N–H and O–H groups in total. The number of sulfonamides is 1. The zero-order valence-corrected chi connectivity index (χ0v) is 17.3. The van der Waals surface area contributed by atoms with Gasteiger partial charge in [0.2, 0.25) is 10.0 Å². The summed E-state index contributed by atoms with van der Waals surface area (Å²) in [6.07, 6.45) is 5.24. The first-order chi connectivity index (χ1) is 13.4. The predicted molar refractivity (Wildman–Crippen MR) is 112 cm³/mol. The zero-order chi connectivity index (χ0) is 19.5. The van der Waals surface area contributed by atoms with Crippen LogP contribution < -0.4 is 5.32 Å². The lowest BCUT2D eigenvalue weighted by Gasteiger charge is -2.24. The molecule has 0 unspecified atom stereocenters. The van der Waals surface area contributed by atoms with Crippen molar-refractivity contribution in [2.24, 2.45) is 4.99 Å². The molecule has 2 aromatic heterocycles. The predicted octanol–water partition coefficient (Wildman–Crippen LogP) is 3.34. The highest BCUT2D eigenvalue weighted by Crippen LogP contribution is 2.39. The van der Waals surface area contributed by atoms with E-state index >= 15 is 0 Å². The van der Waals surface area contributed by atoms with Crippen molar-refractivity contribution in [3.63, 3.8) is 0 Å². The van der Waals surface area contributed by atoms with E-state index in [0.29, 0.717) is 36.9 Å². The lowest BCUT2D eigenvalue weighted by atomic mass is 10.1. The Bertz CT molecular complexity index is 1250. The molecule has 0 aliphatic carbocycles. The Morgan fingerprint density at radius 1 is 1.29 bits per heavy atom. The lowest BCUT2D eigenvalue weighted by molar-refractivity contribution is 0.400. The van der Waals surface area contributed by atoms with Crippen molar-refractivity contribution in [1.29, 1.82) is 0 Å². The van der Waals surface area contributed by atoms with Crippen LogP contribution >= 0.6 is 22.9 Å². The molecule has 2 aliphatic rings. The third-order valence-electron chi connectivity index (χ3n) is 5.04. The Kier molecular flexibility index (Phi) is 4.16. The molecule has 144 valence electrons. The van der Waals surface area contributed by atoms with E-state index in [1.165, 1.54) is 28.2 Å². The van der Waals surface area contributed by atoms with Gasteiger partial charge in [0.15, 0.2) is 0 Å². The summed E-state index contributed by atoms with van der Waals surface area (Å²) < 4.78 is 25.3. The Balaban J connectivity index is 1.57. The minimum absolute atomic E-state index is 0.380. The summed E-state index contributed by atoms with van der Waals surface area (Å²) in [6, 6.07) is 3.91. The third-order valence-corrected chi connectivity index (χ3v) is 7.73. The van der Waals surface area contributed by atoms with E-state index in [-0.39, 0.29) is 0 Å². The van der Waals surface area contributed by atoms with Gasteiger partial charge in [-0.3, -0.25) is 4.99 Å². The van der Waals surface area contributed by atoms with Crippen LogP contribution in [0.4, 0.5) is 11.5 Å². The molecule has 2 aliphatic heterocycles. The van der Waals surface area contributed by atoms with Gasteiger partial charge >= 0.3 is 0 Å². The van der Waals surface area contributed by atoms with Gasteiger partial charge in [0, 0.05) is 24.2 Å². The van der Waals surface area contributed by atoms with Gasteiger partial charge in [-0.05, 0) is 35.2 Å². The largest absolute Gasteiger partial charge is 0.338 e. The summed E-state index contributed by atoms with van der Waals surface area (Å²) in [7, 11) is -3.22. The van der Waals surface area contributed by atoms with Crippen LogP contribution in [0.2, 0.25) is 5.02 Å². The van der Waals surface area contributed by atoms with Crippen molar-refractivity contribution < 1.29 is 8.42 Å². The van der Waals surface area contributed by atoms with Crippen LogP contribution in [0.25, 0.3) is 10.2 Å². The maximum atomic E-state index is 11.9. The fraction of sp³-hybridized carbons (Fsp3) is 0.278. The molecule has 0 atom stereocenters. The van der Waals surface area contributed by atoms with Crippen molar-refractivity contribution in [3.05, 3.63) is 45.1 Å². The van der Waals surface area contributed by atoms with Crippen molar-refractivity contribution in [2.75, 3.05) is 18.1 Å². The molecule has 4 heterocycles. The van der Waals surface area contributed by atoms with Crippen LogP contribution in [0, 0.1) is 0 Å². The molecule has 0 saturated heterocycles. The SMILES string of the molecule is CS(=O)(=O)N1CCc2c(sc3ncnc(Nc4cc5c(cc4Cl)CN=C5)c23)C1. The zero-order valence-electron chi connectivity index (χ0n) is 14.9. The number of aliphatic imine (C=N–C) groups is 1. The number of hydrogen-bond acceptors (Lipinski definition) is 7. The van der Waals surface area contributed by atoms with E-state index in [1.807, 2.05) is 18.3 Å². The summed E-state index contributed by atoms with van der Waals surface area (Å²) in [5.41, 5.74) is 4.04. The van der Waals surface area contributed by atoms with E-state index in [4.69, 9.17) is 11.6 Å². The third kappa shape index (κ3) is 2.98. The Hall–Kier alpha value is -2.07. The van der Waals surface area contributed by atoms with Gasteiger partial charge < -0.3 is 5.32 Å². The van der Waals surface area contributed by atoms with Crippen molar-refractivity contribution in [1.82, 2.24) is 14.3 Å². The molecule has 10 heteroatoms. The number of nitrogens with zero attached hydrogens (tertiary/aromatic N) is 4. The summed E-state index contributed by atoms with van der Waals surface area (Å²) in [4.78, 5) is 15.0. The van der Waals surface area contributed by atoms with E-state index in [2.05, 4.69) is 20.3 Å². The molecule has 7 nitrogen and oxygen atoms in total. The van der Waals surface area contributed by atoms with Crippen LogP contribution in [0.5, 0.6) is 0 Å². The molecule has 0 saturated carbocycles. The maximum absolute atomic E-state index is 11.9. The highest BCUT2D eigenvalue weighted by atomic mass is 35.5. The molecule has 0 radical (unpaired) electrons. The normalized spacial score (nSPS) is 16.4. The Morgan fingerprint density at radius 3 is 2.96 bits per heavy atom. The van der Waals surface area contributed by atoms with Gasteiger partial charge in [0.25, 0.3) is 0 Å². The summed E-state index contributed by atoms with van der Waals surface area (Å²) in [5, 5.41) is 4.91. The number of benzene rings is 1. The standard InChI is InChI=1S/C18H16ClN5O2S2/c1-28(25,26)24-3-2-12-15(8-24)27-18-16(12)17(21-9-22-18)23-14-5-11-7-20-6-10(11)4-13(14)19/h4-5,7,9H,2-3,6,8H2,1H3,(H,21,22,23). The highest BCUT2D eigenvalue weighted by molar-refractivity contribution is 7.88. The lowest BCUT2D eigenvalue weighted by Crippen LogP contribution is -2.34. The van der Waals surface area contributed by atoms with Gasteiger partial charge in [-0.1, -0.05) is 11.6 Å². The number of aromatic nitrogens is 2. The monoisotopic (exact) mass is 433 g/mol. The topological polar surface area (TPSA) is 87.5 Å². The Morgan fingerprint density at radius 2 is 2.14 bits per heavy atom. The number of halogens is 1. The molecule has 28 heavy (non-hydrogen) atoms. The first-order valence-electron chi connectivity index (χ1n) is 8.70. The number of thiophene rings is 1. The van der Waals surface area contributed by atoms with Crippen LogP contribution in [-0.2, 0) is 29.5 Å². The van der Waals surface area contributed by atoms with Crippen molar-refractivity contribution in [3.8, 4) is 0 Å². The first-order valence-corrected chi connectivity index (χ1v) is 11.7. The quantitative estimate of drug-likeness (QED) is 0.684. The van der Waals surface area contributed by atoms with Crippen molar-refractivity contribution >= 4 is 60.9 Å². The molecule has 0 bridgehead atoms. The number of anilines is 2. The molecule has 5 rings (SSSR count). The number of hydrogen-bond donors (Lipinski definition) is 1. The molecule has 3 aromatic rings. The molecule has 0 amide bonds. The summed E-state index contributed by atoms with van der Waals surface area (Å²) in [6.45, 7) is 1.49. The van der Waals surface area contributed by atoms with E-state index in [9.17, 15) is 8.42 Å². The van der Waals surface area contributed by atoms with E-state index < -0.39 is 10.0 Å². The van der Waals surface area contributed by atoms with Gasteiger partial charge in [-0.25, -0.2) is 18.4 Å². The molecule has 0 fully saturated rings. The summed E-state index contributed by atoms with van der Waals surface area (Å²) in [5.74, 6) is 0.687. The van der Waals surface area contributed by atoms with Crippen LogP contribution in [0.15, 0.2) is 23.5 Å². The number of fused-ring (bicyclic) bond motifs is 4. The van der Waals surface area contributed by atoms with E-state index in [0.717, 1.165) is 37.5 Å². The van der Waals surface area contributed by atoms with Crippen LogP contribution in [0.1, 0.15) is 21.6 Å². The fourth-order valence-electron chi connectivity index (χ4n) is 3.64. The number of rotatable bonds is 3. The molecule has 0 spiro atoms. The summed E-state index contributed by atoms with van der Waals surface area (Å²) >= 11 is 7.98. The maximum Gasteiger partial charge on any atom is 0.211 e. The average molecular weight is 434 g/mol. The van der Waals surface area contributed by atoms with Gasteiger partial charge in [-0.15, -0.1) is 11.3 Å². The van der Waals surface area contributed by atoms with Gasteiger partial charge in [0.05, 0.1) is 28.9 Å². The Labute approximate surface area is 171 Å². The minimum Gasteiger partial charge on any atom is -0.338 e. The van der Waals surface area contributed by atoms with Crippen molar-refractivity contribution in [2.45, 2.75) is 19.5 Å². The highest BCUT2D eigenvalue weighted by Gasteiger charge is 2.28. The molecule has 1 aromatic carbocycles. The average Bonchev–Trinajstić information content (AvgIpc) is 3.24. The molecular formula is C18H16ClN5O2S2. The van der Waals surface area contributed by atoms with Gasteiger partial charge in [-0.2, -0.15) is 4.31 Å². The van der Waals surface area contributed by atoms with Gasteiger partial charge in [0.1, 0.15) is 17.0 Å². The van der Waals surface area contributed by atoms with E-state index in [1.54, 1.807) is 0 Å². The second-order valence-corrected chi connectivity index (χ2v) is 10.4. The smallest absolute Gasteiger partial charge is 0.211 e. The van der Waals surface area contributed by atoms with Crippen LogP contribution in [0.3, 0.4) is 0 Å². The molecular weight excluding hydrogens is 418 g/mol. The minimum atomic E-state index is -3.22.